The molecule has 0 aromatic heterocycles. The number of nitro benzene ring substituents is 1. The van der Waals surface area contributed by atoms with Gasteiger partial charge < -0.3 is 14.4 Å². The molecule has 4 rings (SSSR count). The summed E-state index contributed by atoms with van der Waals surface area (Å²) in [6, 6.07) is 11.4. The van der Waals surface area contributed by atoms with E-state index in [4.69, 9.17) is 9.47 Å². The smallest absolute Gasteiger partial charge is 0.274 e. The molecular weight excluding hydrogens is 483 g/mol. The maximum absolute atomic E-state index is 11.3. The molecule has 0 bridgehead atoms. The van der Waals surface area contributed by atoms with Crippen LogP contribution < -0.4 is 14.4 Å². The van der Waals surface area contributed by atoms with Gasteiger partial charge in [0.15, 0.2) is 11.5 Å². The van der Waals surface area contributed by atoms with Gasteiger partial charge in [-0.15, -0.1) is 0 Å². The highest BCUT2D eigenvalue weighted by molar-refractivity contribution is 14.1. The average Bonchev–Trinajstić information content (AvgIpc) is 2.89. The monoisotopic (exact) mass is 506 g/mol. The summed E-state index contributed by atoms with van der Waals surface area (Å²) >= 11 is 2.39. The van der Waals surface area contributed by atoms with Gasteiger partial charge in [0.25, 0.3) is 5.69 Å². The van der Waals surface area contributed by atoms with Crippen LogP contribution in [0.25, 0.3) is 6.08 Å². The Morgan fingerprint density at radius 1 is 1.28 bits per heavy atom. The molecule has 6 nitrogen and oxygen atoms in total. The van der Waals surface area contributed by atoms with E-state index in [1.807, 2.05) is 12.2 Å². The lowest BCUT2D eigenvalue weighted by Crippen LogP contribution is -2.59. The van der Waals surface area contributed by atoms with Gasteiger partial charge in [0.05, 0.1) is 23.5 Å². The number of para-hydroxylation sites is 1. The minimum Gasteiger partial charge on any atom is -0.493 e. The topological polar surface area (TPSA) is 64.8 Å². The average molecular weight is 506 g/mol. The first-order chi connectivity index (χ1) is 13.9. The number of methoxy groups -OCH3 is 1. The highest BCUT2D eigenvalue weighted by Gasteiger charge is 2.58. The number of hydrogen-bond acceptors (Lipinski definition) is 5. The van der Waals surface area contributed by atoms with Crippen molar-refractivity contribution in [3.05, 3.63) is 63.7 Å². The van der Waals surface area contributed by atoms with Crippen LogP contribution in [-0.2, 0) is 5.41 Å². The van der Waals surface area contributed by atoms with E-state index in [9.17, 15) is 10.1 Å². The SMILES string of the molecule is COc1cc([N+](=O)[O-])cc2c1OC1(C=C2)N(CCCI)c2ccccc2C1(C)C. The Hall–Kier alpha value is -2.29. The van der Waals surface area contributed by atoms with Crippen LogP contribution in [0.1, 0.15) is 31.4 Å². The summed E-state index contributed by atoms with van der Waals surface area (Å²) in [4.78, 5) is 13.2. The highest BCUT2D eigenvalue weighted by Crippen LogP contribution is 2.56. The van der Waals surface area contributed by atoms with Gasteiger partial charge in [0.1, 0.15) is 0 Å². The number of hydrogen-bond donors (Lipinski definition) is 0. The van der Waals surface area contributed by atoms with Crippen LogP contribution >= 0.6 is 22.6 Å². The maximum atomic E-state index is 11.3. The second kappa shape index (κ2) is 7.19. The predicted molar refractivity (Wildman–Crippen MR) is 122 cm³/mol. The minimum absolute atomic E-state index is 0.0134. The summed E-state index contributed by atoms with van der Waals surface area (Å²) in [5, 5.41) is 11.3. The van der Waals surface area contributed by atoms with Crippen LogP contribution in [0.5, 0.6) is 11.5 Å². The third-order valence-corrected chi connectivity index (χ3v) is 6.69. The zero-order valence-electron chi connectivity index (χ0n) is 16.6. The first-order valence-electron chi connectivity index (χ1n) is 9.53. The highest BCUT2D eigenvalue weighted by atomic mass is 127. The quantitative estimate of drug-likeness (QED) is 0.238. The number of rotatable bonds is 5. The summed E-state index contributed by atoms with van der Waals surface area (Å²) in [5.41, 5.74) is 1.95. The van der Waals surface area contributed by atoms with Crippen molar-refractivity contribution in [2.24, 2.45) is 0 Å². The molecule has 2 aliphatic heterocycles. The van der Waals surface area contributed by atoms with Crippen LogP contribution in [0.2, 0.25) is 0 Å². The second-order valence-corrected chi connectivity index (χ2v) is 8.87. The molecular formula is C22H23IN2O4. The van der Waals surface area contributed by atoms with Crippen molar-refractivity contribution in [1.82, 2.24) is 0 Å². The summed E-state index contributed by atoms with van der Waals surface area (Å²) in [6.45, 7) is 5.21. The van der Waals surface area contributed by atoms with E-state index < -0.39 is 10.6 Å². The number of alkyl halides is 1. The normalized spacial score (nSPS) is 20.9. The Bertz CT molecular complexity index is 1000. The number of fused-ring (bicyclic) bond motifs is 2. The van der Waals surface area contributed by atoms with E-state index in [1.54, 1.807) is 0 Å². The Morgan fingerprint density at radius 2 is 2.03 bits per heavy atom. The lowest BCUT2D eigenvalue weighted by Gasteiger charge is -2.47. The molecule has 0 fully saturated rings. The van der Waals surface area contributed by atoms with E-state index in [0.717, 1.165) is 23.1 Å². The lowest BCUT2D eigenvalue weighted by molar-refractivity contribution is -0.385. The fourth-order valence-corrected chi connectivity index (χ4v) is 4.76. The Kier molecular flexibility index (Phi) is 4.96. The molecule has 2 aromatic rings. The fourth-order valence-electron chi connectivity index (χ4n) is 4.42. The summed E-state index contributed by atoms with van der Waals surface area (Å²) in [6.07, 6.45) is 5.00. The van der Waals surface area contributed by atoms with Crippen LogP contribution in [0.3, 0.4) is 0 Å². The largest absolute Gasteiger partial charge is 0.493 e. The number of ether oxygens (including phenoxy) is 2. The molecule has 0 saturated carbocycles. The van der Waals surface area contributed by atoms with E-state index in [1.165, 1.54) is 24.8 Å². The third-order valence-electron chi connectivity index (χ3n) is 5.93. The standard InChI is InChI=1S/C22H23IN2O4/c1-21(2)17-7-4-5-8-18(17)24(12-6-11-23)22(21)10-9-15-13-16(25(26)27)14-19(28-3)20(15)29-22/h4-5,7-10,13-14H,6,11-12H2,1-3H3. The van der Waals surface area contributed by atoms with Gasteiger partial charge in [0.2, 0.25) is 5.72 Å². The number of halogens is 1. The van der Waals surface area contributed by atoms with Gasteiger partial charge in [-0.3, -0.25) is 10.1 Å². The van der Waals surface area contributed by atoms with Gasteiger partial charge in [-0.05, 0) is 44.1 Å². The molecule has 0 aliphatic carbocycles. The number of nitro groups is 1. The van der Waals surface area contributed by atoms with E-state index in [2.05, 4.69) is 65.6 Å². The van der Waals surface area contributed by atoms with E-state index in [-0.39, 0.29) is 11.1 Å². The van der Waals surface area contributed by atoms with Gasteiger partial charge >= 0.3 is 0 Å². The zero-order chi connectivity index (χ0) is 20.8. The second-order valence-electron chi connectivity index (χ2n) is 7.79. The molecule has 1 unspecified atom stereocenters. The minimum atomic E-state index is -0.737. The molecule has 0 amide bonds. The zero-order valence-corrected chi connectivity index (χ0v) is 18.8. The van der Waals surface area contributed by atoms with Gasteiger partial charge in [-0.1, -0.05) is 40.8 Å². The van der Waals surface area contributed by atoms with Gasteiger partial charge in [-0.2, -0.15) is 0 Å². The van der Waals surface area contributed by atoms with Gasteiger partial charge in [0, 0.05) is 28.3 Å². The van der Waals surface area contributed by atoms with Crippen molar-refractivity contribution in [3.63, 3.8) is 0 Å². The van der Waals surface area contributed by atoms with Crippen LogP contribution in [0, 0.1) is 10.1 Å². The molecule has 2 heterocycles. The summed E-state index contributed by atoms with van der Waals surface area (Å²) in [5.74, 6) is 0.916. The number of benzene rings is 2. The molecule has 0 radical (unpaired) electrons. The third kappa shape index (κ3) is 2.89. The molecule has 152 valence electrons. The Morgan fingerprint density at radius 3 is 2.72 bits per heavy atom. The molecule has 29 heavy (non-hydrogen) atoms. The molecule has 1 spiro atoms. The fraction of sp³-hybridized carbons (Fsp3) is 0.364. The van der Waals surface area contributed by atoms with Crippen LogP contribution in [0.15, 0.2) is 42.5 Å². The number of nitrogens with zero attached hydrogens (tertiary/aromatic N) is 2. The van der Waals surface area contributed by atoms with Crippen molar-refractivity contribution in [2.45, 2.75) is 31.4 Å². The first-order valence-corrected chi connectivity index (χ1v) is 11.1. The van der Waals surface area contributed by atoms with Crippen molar-refractivity contribution in [3.8, 4) is 11.5 Å². The summed E-state index contributed by atoms with van der Waals surface area (Å²) < 4.78 is 13.3. The van der Waals surface area contributed by atoms with Crippen molar-refractivity contribution < 1.29 is 14.4 Å². The van der Waals surface area contributed by atoms with Crippen molar-refractivity contribution in [2.75, 3.05) is 23.0 Å². The van der Waals surface area contributed by atoms with Crippen LogP contribution in [0.4, 0.5) is 11.4 Å². The van der Waals surface area contributed by atoms with Crippen molar-refractivity contribution in [1.29, 1.82) is 0 Å². The molecule has 7 heteroatoms. The Labute approximate surface area is 183 Å². The van der Waals surface area contributed by atoms with E-state index in [0.29, 0.717) is 17.1 Å². The first kappa shape index (κ1) is 20.0. The maximum Gasteiger partial charge on any atom is 0.274 e. The molecule has 0 saturated heterocycles. The van der Waals surface area contributed by atoms with Gasteiger partial charge in [-0.25, -0.2) is 0 Å². The lowest BCUT2D eigenvalue weighted by atomic mass is 9.76. The predicted octanol–water partition coefficient (Wildman–Crippen LogP) is 5.33. The van der Waals surface area contributed by atoms with E-state index >= 15 is 0 Å². The van der Waals surface area contributed by atoms with Crippen LogP contribution in [-0.4, -0.2) is 28.7 Å². The summed E-state index contributed by atoms with van der Waals surface area (Å²) in [7, 11) is 1.51. The number of non-ortho nitro benzene ring substituents is 1. The molecule has 2 aliphatic rings. The Balaban J connectivity index is 1.89. The molecule has 1 atom stereocenters. The molecule has 2 aromatic carbocycles. The number of anilines is 1. The molecule has 0 N–H and O–H groups in total. The van der Waals surface area contributed by atoms with Crippen molar-refractivity contribution >= 4 is 40.0 Å².